The number of aryl methyl sites for hydroxylation is 1. The first-order valence-corrected chi connectivity index (χ1v) is 6.99. The van der Waals surface area contributed by atoms with Crippen LogP contribution in [0.1, 0.15) is 11.4 Å². The van der Waals surface area contributed by atoms with Crippen molar-refractivity contribution in [3.63, 3.8) is 0 Å². The Hall–Kier alpha value is -2.59. The van der Waals surface area contributed by atoms with Crippen LogP contribution < -0.4 is 9.47 Å². The third-order valence-electron chi connectivity index (χ3n) is 3.13. The van der Waals surface area contributed by atoms with Gasteiger partial charge in [0.15, 0.2) is 10.7 Å². The highest BCUT2D eigenvalue weighted by molar-refractivity contribution is 7.19. The minimum absolute atomic E-state index is 0.446. The van der Waals surface area contributed by atoms with E-state index in [1.807, 2.05) is 18.2 Å². The zero-order valence-corrected chi connectivity index (χ0v) is 12.6. The second-order valence-corrected chi connectivity index (χ2v) is 5.25. The summed E-state index contributed by atoms with van der Waals surface area (Å²) in [6.45, 7) is 1.79. The number of hydrogen-bond acceptors (Lipinski definition) is 6. The number of rotatable bonds is 3. The van der Waals surface area contributed by atoms with Crippen molar-refractivity contribution in [1.82, 2.24) is 14.6 Å². The van der Waals surface area contributed by atoms with E-state index < -0.39 is 0 Å². The molecule has 0 N–H and O–H groups in total. The maximum Gasteiger partial charge on any atom is 0.213 e. The van der Waals surface area contributed by atoms with Gasteiger partial charge in [0.2, 0.25) is 4.96 Å². The molecule has 0 aliphatic heterocycles. The summed E-state index contributed by atoms with van der Waals surface area (Å²) in [6.07, 6.45) is 0. The van der Waals surface area contributed by atoms with E-state index in [-0.39, 0.29) is 0 Å². The molecule has 2 aromatic heterocycles. The highest BCUT2D eigenvalue weighted by Crippen LogP contribution is 2.40. The molecule has 3 rings (SSSR count). The minimum Gasteiger partial charge on any atom is -0.496 e. The fourth-order valence-corrected chi connectivity index (χ4v) is 3.14. The summed E-state index contributed by atoms with van der Waals surface area (Å²) in [6, 6.07) is 7.67. The molecule has 0 aliphatic rings. The van der Waals surface area contributed by atoms with Crippen LogP contribution in [0, 0.1) is 18.3 Å². The lowest BCUT2D eigenvalue weighted by Gasteiger charge is -2.10. The van der Waals surface area contributed by atoms with Crippen molar-refractivity contribution in [3.05, 3.63) is 29.6 Å². The van der Waals surface area contributed by atoms with Crippen LogP contribution in [0.4, 0.5) is 0 Å². The van der Waals surface area contributed by atoms with E-state index in [2.05, 4.69) is 16.2 Å². The highest BCUT2D eigenvalue weighted by atomic mass is 32.1. The number of aromatic nitrogens is 3. The summed E-state index contributed by atoms with van der Waals surface area (Å²) >= 11 is 1.39. The van der Waals surface area contributed by atoms with Crippen LogP contribution in [0.15, 0.2) is 18.2 Å². The van der Waals surface area contributed by atoms with Gasteiger partial charge in [-0.2, -0.15) is 14.9 Å². The molecule has 0 radical (unpaired) electrons. The van der Waals surface area contributed by atoms with Crippen molar-refractivity contribution in [2.24, 2.45) is 0 Å². The van der Waals surface area contributed by atoms with E-state index in [0.717, 1.165) is 5.56 Å². The molecule has 0 unspecified atom stereocenters. The van der Waals surface area contributed by atoms with Gasteiger partial charge in [0.25, 0.3) is 0 Å². The molecule has 1 aromatic carbocycles. The molecule has 6 nitrogen and oxygen atoms in total. The summed E-state index contributed by atoms with van der Waals surface area (Å²) in [4.78, 5) is 5.03. The van der Waals surface area contributed by atoms with Crippen LogP contribution in [0.25, 0.3) is 15.5 Å². The third-order valence-corrected chi connectivity index (χ3v) is 4.05. The maximum atomic E-state index is 9.19. The first kappa shape index (κ1) is 13.4. The number of fused-ring (bicyclic) bond motifs is 1. The van der Waals surface area contributed by atoms with Gasteiger partial charge in [0.1, 0.15) is 17.6 Å². The second-order valence-electron chi connectivity index (χ2n) is 4.30. The normalized spacial score (nSPS) is 10.6. The van der Waals surface area contributed by atoms with E-state index in [0.29, 0.717) is 32.9 Å². The van der Waals surface area contributed by atoms with E-state index in [4.69, 9.17) is 9.47 Å². The first-order chi connectivity index (χ1) is 10.2. The van der Waals surface area contributed by atoms with Gasteiger partial charge in [0.05, 0.1) is 25.5 Å². The monoisotopic (exact) mass is 300 g/mol. The zero-order valence-electron chi connectivity index (χ0n) is 11.7. The molecule has 0 spiro atoms. The molecule has 0 bridgehead atoms. The van der Waals surface area contributed by atoms with Crippen LogP contribution in [0.3, 0.4) is 0 Å². The Morgan fingerprint density at radius 1 is 1.24 bits per heavy atom. The number of hydrogen-bond donors (Lipinski definition) is 0. The Bertz CT molecular complexity index is 838. The Morgan fingerprint density at radius 2 is 1.90 bits per heavy atom. The van der Waals surface area contributed by atoms with Crippen molar-refractivity contribution >= 4 is 16.3 Å². The number of methoxy groups -OCH3 is 2. The number of benzene rings is 1. The van der Waals surface area contributed by atoms with Gasteiger partial charge >= 0.3 is 0 Å². The van der Waals surface area contributed by atoms with Gasteiger partial charge < -0.3 is 9.47 Å². The Kier molecular flexibility index (Phi) is 3.23. The largest absolute Gasteiger partial charge is 0.496 e. The molecular weight excluding hydrogens is 288 g/mol. The number of nitrogens with zero attached hydrogens (tertiary/aromatic N) is 4. The average molecular weight is 300 g/mol. The highest BCUT2D eigenvalue weighted by Gasteiger charge is 2.20. The maximum absolute atomic E-state index is 9.19. The van der Waals surface area contributed by atoms with Crippen LogP contribution in [-0.4, -0.2) is 28.8 Å². The van der Waals surface area contributed by atoms with E-state index in [1.165, 1.54) is 11.3 Å². The second kappa shape index (κ2) is 5.07. The molecule has 106 valence electrons. The Balaban J connectivity index is 2.26. The lowest BCUT2D eigenvalue weighted by molar-refractivity contribution is 0.397. The summed E-state index contributed by atoms with van der Waals surface area (Å²) in [5.41, 5.74) is 1.88. The smallest absolute Gasteiger partial charge is 0.213 e. The topological polar surface area (TPSA) is 72.4 Å². The molecule has 0 atom stereocenters. The van der Waals surface area contributed by atoms with Crippen molar-refractivity contribution in [1.29, 1.82) is 5.26 Å². The minimum atomic E-state index is 0.446. The van der Waals surface area contributed by atoms with Crippen LogP contribution in [0.5, 0.6) is 11.5 Å². The molecule has 3 aromatic rings. The van der Waals surface area contributed by atoms with Gasteiger partial charge in [-0.25, -0.2) is 4.98 Å². The molecule has 2 heterocycles. The van der Waals surface area contributed by atoms with Crippen molar-refractivity contribution < 1.29 is 9.47 Å². The van der Waals surface area contributed by atoms with E-state index >= 15 is 0 Å². The molecule has 7 heteroatoms. The van der Waals surface area contributed by atoms with E-state index in [1.54, 1.807) is 25.7 Å². The molecule has 0 fully saturated rings. The fraction of sp³-hybridized carbons (Fsp3) is 0.214. The van der Waals surface area contributed by atoms with Crippen molar-refractivity contribution in [2.45, 2.75) is 6.92 Å². The summed E-state index contributed by atoms with van der Waals surface area (Å²) in [5.74, 6) is 1.34. The molecule has 0 saturated carbocycles. The fourth-order valence-electron chi connectivity index (χ4n) is 2.14. The van der Waals surface area contributed by atoms with Gasteiger partial charge in [0, 0.05) is 0 Å². The third kappa shape index (κ3) is 2.00. The lowest BCUT2D eigenvalue weighted by Crippen LogP contribution is -1.94. The number of ether oxygens (including phenoxy) is 2. The molecule has 0 aliphatic carbocycles. The van der Waals surface area contributed by atoms with E-state index in [9.17, 15) is 5.26 Å². The van der Waals surface area contributed by atoms with Crippen LogP contribution >= 0.6 is 11.3 Å². The van der Waals surface area contributed by atoms with Gasteiger partial charge in [-0.05, 0) is 19.1 Å². The van der Waals surface area contributed by atoms with Gasteiger partial charge in [-0.1, -0.05) is 17.4 Å². The van der Waals surface area contributed by atoms with Gasteiger partial charge in [-0.3, -0.25) is 0 Å². The standard InChI is InChI=1S/C14H12N4O2S/c1-8-9(7-15)18-14(16-8)21-13(17-18)12-10(19-2)5-4-6-11(12)20-3/h4-6H,1-3H3. The predicted octanol–water partition coefficient (Wildman–Crippen LogP) is 2.66. The Morgan fingerprint density at radius 3 is 2.48 bits per heavy atom. The quantitative estimate of drug-likeness (QED) is 0.743. The molecular formula is C14H12N4O2S. The number of nitriles is 1. The van der Waals surface area contributed by atoms with Crippen LogP contribution in [0.2, 0.25) is 0 Å². The molecule has 0 amide bonds. The molecule has 21 heavy (non-hydrogen) atoms. The first-order valence-electron chi connectivity index (χ1n) is 6.17. The van der Waals surface area contributed by atoms with Gasteiger partial charge in [-0.15, -0.1) is 0 Å². The van der Waals surface area contributed by atoms with Crippen molar-refractivity contribution in [2.75, 3.05) is 14.2 Å². The van der Waals surface area contributed by atoms with Crippen molar-refractivity contribution in [3.8, 4) is 28.1 Å². The SMILES string of the molecule is COc1cccc(OC)c1-c1nn2c(C#N)c(C)nc2s1. The zero-order chi connectivity index (χ0) is 15.0. The van der Waals surface area contributed by atoms with Crippen LogP contribution in [-0.2, 0) is 0 Å². The lowest BCUT2D eigenvalue weighted by atomic mass is 10.2. The summed E-state index contributed by atoms with van der Waals surface area (Å²) < 4.78 is 12.3. The average Bonchev–Trinajstić information content (AvgIpc) is 3.02. The summed E-state index contributed by atoms with van der Waals surface area (Å²) in [7, 11) is 3.20. The number of imidazole rings is 1. The summed E-state index contributed by atoms with van der Waals surface area (Å²) in [5, 5.41) is 14.4. The Labute approximate surface area is 125 Å². The molecule has 0 saturated heterocycles. The predicted molar refractivity (Wildman–Crippen MR) is 78.9 cm³/mol.